The van der Waals surface area contributed by atoms with Gasteiger partial charge in [0.05, 0.1) is 35.5 Å². The van der Waals surface area contributed by atoms with E-state index in [2.05, 4.69) is 10.3 Å². The molecule has 0 unspecified atom stereocenters. The van der Waals surface area contributed by atoms with E-state index in [9.17, 15) is 31.9 Å². The van der Waals surface area contributed by atoms with Gasteiger partial charge in [-0.25, -0.2) is 9.38 Å². The molecule has 212 valence electrons. The molecule has 10 heteroatoms. The summed E-state index contributed by atoms with van der Waals surface area (Å²) >= 11 is 0. The van der Waals surface area contributed by atoms with Crippen LogP contribution in [0.3, 0.4) is 0 Å². The van der Waals surface area contributed by atoms with Gasteiger partial charge in [-0.2, -0.15) is 13.2 Å². The highest BCUT2D eigenvalue weighted by atomic mass is 19.4. The van der Waals surface area contributed by atoms with Crippen LogP contribution in [0.5, 0.6) is 0 Å². The van der Waals surface area contributed by atoms with Crippen molar-refractivity contribution in [2.75, 3.05) is 11.4 Å². The number of hydrogen-bond acceptors (Lipinski definition) is 4. The second-order valence-electron chi connectivity index (χ2n) is 9.53. The summed E-state index contributed by atoms with van der Waals surface area (Å²) in [5.41, 5.74) is 0.766. The van der Waals surface area contributed by atoms with Crippen molar-refractivity contribution in [1.29, 1.82) is 0 Å². The highest BCUT2D eigenvalue weighted by Crippen LogP contribution is 2.30. The van der Waals surface area contributed by atoms with Gasteiger partial charge in [-0.15, -0.1) is 0 Å². The Kier molecular flexibility index (Phi) is 7.97. The summed E-state index contributed by atoms with van der Waals surface area (Å²) in [5.74, 6) is -2.94. The minimum absolute atomic E-state index is 0.0885. The average molecular weight is 574 g/mol. The molecule has 1 N–H and O–H groups in total. The Morgan fingerprint density at radius 3 is 2.29 bits per heavy atom. The molecular weight excluding hydrogens is 550 g/mol. The molecule has 0 aromatic heterocycles. The van der Waals surface area contributed by atoms with E-state index in [0.29, 0.717) is 22.5 Å². The van der Waals surface area contributed by atoms with E-state index in [0.717, 1.165) is 23.1 Å². The number of anilines is 1. The number of hydrogen-bond donors (Lipinski definition) is 1. The van der Waals surface area contributed by atoms with Crippen LogP contribution in [-0.2, 0) is 22.2 Å². The lowest BCUT2D eigenvalue weighted by molar-refractivity contribution is -0.137. The highest BCUT2D eigenvalue weighted by molar-refractivity contribution is 6.21. The predicted molar refractivity (Wildman–Crippen MR) is 149 cm³/mol. The third-order valence-electron chi connectivity index (χ3n) is 6.65. The zero-order valence-electron chi connectivity index (χ0n) is 21.9. The molecule has 0 saturated heterocycles. The Labute approximate surface area is 238 Å². The van der Waals surface area contributed by atoms with Gasteiger partial charge in [0.1, 0.15) is 5.82 Å². The number of fused-ring (bicyclic) bond motifs is 1. The third-order valence-corrected chi connectivity index (χ3v) is 6.65. The molecule has 1 aliphatic rings. The smallest absolute Gasteiger partial charge is 0.326 e. The third kappa shape index (κ3) is 6.12. The molecule has 0 fully saturated rings. The summed E-state index contributed by atoms with van der Waals surface area (Å²) in [6.45, 7) is -0.547. The molecule has 0 radical (unpaired) electrons. The number of nitrogens with zero attached hydrogens (tertiary/aromatic N) is 2. The molecule has 4 aromatic carbocycles. The molecule has 0 aliphatic carbocycles. The number of halogens is 4. The van der Waals surface area contributed by atoms with Gasteiger partial charge in [0.25, 0.3) is 5.91 Å². The number of nitrogens with one attached hydrogen (secondary N) is 1. The summed E-state index contributed by atoms with van der Waals surface area (Å²) in [5, 5.41) is 2.52. The van der Waals surface area contributed by atoms with E-state index < -0.39 is 54.3 Å². The Bertz CT molecular complexity index is 1690. The van der Waals surface area contributed by atoms with Crippen molar-refractivity contribution in [2.45, 2.75) is 18.8 Å². The minimum Gasteiger partial charge on any atom is -0.326 e. The second-order valence-corrected chi connectivity index (χ2v) is 9.53. The SMILES string of the molecule is O=C(Cc1cccc(C(F)(F)F)c1)N[C@@H]1N=C(c2ccccc2)c2ccccc2N(CC(=O)c2ccccc2F)C1=O. The Morgan fingerprint density at radius 1 is 0.857 bits per heavy atom. The van der Waals surface area contributed by atoms with Crippen molar-refractivity contribution < 1.29 is 31.9 Å². The first kappa shape index (κ1) is 28.4. The summed E-state index contributed by atoms with van der Waals surface area (Å²) in [4.78, 5) is 45.9. The monoisotopic (exact) mass is 573 g/mol. The van der Waals surface area contributed by atoms with Crippen molar-refractivity contribution in [3.05, 3.63) is 137 Å². The molecule has 1 aliphatic heterocycles. The Balaban J connectivity index is 1.52. The number of amides is 2. The molecule has 0 bridgehead atoms. The maximum atomic E-state index is 14.4. The van der Waals surface area contributed by atoms with E-state index in [1.807, 2.05) is 0 Å². The van der Waals surface area contributed by atoms with Crippen LogP contribution in [0.25, 0.3) is 0 Å². The van der Waals surface area contributed by atoms with Crippen LogP contribution in [0.15, 0.2) is 108 Å². The van der Waals surface area contributed by atoms with E-state index in [1.54, 1.807) is 54.6 Å². The van der Waals surface area contributed by atoms with Gasteiger partial charge < -0.3 is 10.2 Å². The van der Waals surface area contributed by atoms with Crippen LogP contribution in [0, 0.1) is 5.82 Å². The van der Waals surface area contributed by atoms with Gasteiger partial charge in [-0.3, -0.25) is 14.4 Å². The minimum atomic E-state index is -4.59. The van der Waals surface area contributed by atoms with Gasteiger partial charge >= 0.3 is 6.18 Å². The van der Waals surface area contributed by atoms with Gasteiger partial charge in [0.2, 0.25) is 12.1 Å². The van der Waals surface area contributed by atoms with Crippen LogP contribution in [-0.4, -0.2) is 36.0 Å². The Morgan fingerprint density at radius 2 is 1.55 bits per heavy atom. The first-order valence-electron chi connectivity index (χ1n) is 12.9. The molecule has 4 aromatic rings. The average Bonchev–Trinajstić information content (AvgIpc) is 3.08. The summed E-state index contributed by atoms with van der Waals surface area (Å²) in [6.07, 6.45) is -6.57. The number of Topliss-reactive ketones (excluding diaryl/α,β-unsaturated/α-hetero) is 1. The van der Waals surface area contributed by atoms with E-state index >= 15 is 0 Å². The van der Waals surface area contributed by atoms with Crippen molar-refractivity contribution in [3.63, 3.8) is 0 Å². The fraction of sp³-hybridized carbons (Fsp3) is 0.125. The molecule has 0 spiro atoms. The number of benzodiazepines with no additional fused rings is 1. The number of benzene rings is 4. The number of para-hydroxylation sites is 1. The first-order valence-corrected chi connectivity index (χ1v) is 12.9. The van der Waals surface area contributed by atoms with Crippen molar-refractivity contribution in [1.82, 2.24) is 5.32 Å². The normalized spacial score (nSPS) is 15.0. The fourth-order valence-corrected chi connectivity index (χ4v) is 4.68. The van der Waals surface area contributed by atoms with Crippen molar-refractivity contribution in [3.8, 4) is 0 Å². The second kappa shape index (κ2) is 11.8. The molecule has 6 nitrogen and oxygen atoms in total. The number of aliphatic imine (C=N–C) groups is 1. The first-order chi connectivity index (χ1) is 20.1. The van der Waals surface area contributed by atoms with Gasteiger partial charge in [-0.05, 0) is 29.8 Å². The number of rotatable bonds is 7. The van der Waals surface area contributed by atoms with E-state index in [1.165, 1.54) is 30.3 Å². The lowest BCUT2D eigenvalue weighted by atomic mass is 10.00. The fourth-order valence-electron chi connectivity index (χ4n) is 4.68. The summed E-state index contributed by atoms with van der Waals surface area (Å²) < 4.78 is 54.0. The Hall–Kier alpha value is -5.12. The topological polar surface area (TPSA) is 78.8 Å². The highest BCUT2D eigenvalue weighted by Gasteiger charge is 2.35. The van der Waals surface area contributed by atoms with Gasteiger partial charge in [-0.1, -0.05) is 78.9 Å². The molecule has 1 heterocycles. The zero-order chi connectivity index (χ0) is 29.9. The molecule has 42 heavy (non-hydrogen) atoms. The summed E-state index contributed by atoms with van der Waals surface area (Å²) in [7, 11) is 0. The number of ketones is 1. The largest absolute Gasteiger partial charge is 0.416 e. The summed E-state index contributed by atoms with van der Waals surface area (Å²) in [6, 6.07) is 25.3. The molecular formula is C32H23F4N3O3. The number of carbonyl (C=O) groups excluding carboxylic acids is 3. The van der Waals surface area contributed by atoms with E-state index in [4.69, 9.17) is 0 Å². The molecule has 0 saturated carbocycles. The molecule has 1 atom stereocenters. The van der Waals surface area contributed by atoms with Crippen LogP contribution in [0.4, 0.5) is 23.2 Å². The standard InChI is InChI=1S/C32H23F4N3O3/c33-25-15-6-4-13-23(25)27(40)19-39-26-16-7-5-14-24(26)29(21-10-2-1-3-11-21)38-30(31(39)42)37-28(41)18-20-9-8-12-22(17-20)32(34,35)36/h1-17,30H,18-19H2,(H,37,41)/t30-/m1/s1. The van der Waals surface area contributed by atoms with E-state index in [-0.39, 0.29) is 11.1 Å². The lowest BCUT2D eigenvalue weighted by Crippen LogP contribution is -2.49. The maximum absolute atomic E-state index is 14.4. The molecule has 5 rings (SSSR count). The van der Waals surface area contributed by atoms with Gasteiger partial charge in [0, 0.05) is 11.1 Å². The van der Waals surface area contributed by atoms with Crippen LogP contribution in [0.2, 0.25) is 0 Å². The lowest BCUT2D eigenvalue weighted by Gasteiger charge is -2.25. The van der Waals surface area contributed by atoms with Crippen molar-refractivity contribution >= 4 is 29.0 Å². The van der Waals surface area contributed by atoms with Gasteiger partial charge in [0.15, 0.2) is 5.78 Å². The van der Waals surface area contributed by atoms with Crippen LogP contribution >= 0.6 is 0 Å². The zero-order valence-corrected chi connectivity index (χ0v) is 21.9. The number of alkyl halides is 3. The van der Waals surface area contributed by atoms with Crippen LogP contribution < -0.4 is 10.2 Å². The van der Waals surface area contributed by atoms with Crippen LogP contribution in [0.1, 0.15) is 32.6 Å². The maximum Gasteiger partial charge on any atom is 0.416 e. The molecule has 2 amide bonds. The van der Waals surface area contributed by atoms with Crippen molar-refractivity contribution in [2.24, 2.45) is 4.99 Å². The predicted octanol–water partition coefficient (Wildman–Crippen LogP) is 5.60. The number of carbonyl (C=O) groups is 3. The quantitative estimate of drug-likeness (QED) is 0.231.